The minimum atomic E-state index is -0.186. The normalized spacial score (nSPS) is 11.8. The van der Waals surface area contributed by atoms with Gasteiger partial charge in [0.05, 0.1) is 18.8 Å². The van der Waals surface area contributed by atoms with Crippen LogP contribution in [-0.2, 0) is 0 Å². The van der Waals surface area contributed by atoms with E-state index < -0.39 is 0 Å². The van der Waals surface area contributed by atoms with E-state index >= 15 is 0 Å². The summed E-state index contributed by atoms with van der Waals surface area (Å²) in [6.07, 6.45) is 1.80. The molecule has 0 N–H and O–H groups in total. The van der Waals surface area contributed by atoms with Crippen molar-refractivity contribution in [3.63, 3.8) is 0 Å². The molecule has 7 heteroatoms. The van der Waals surface area contributed by atoms with Gasteiger partial charge in [0.25, 0.3) is 5.56 Å². The highest BCUT2D eigenvalue weighted by molar-refractivity contribution is 7.15. The molecule has 2 aromatic heterocycles. The molecule has 0 spiro atoms. The lowest BCUT2D eigenvalue weighted by molar-refractivity contribution is 0.355. The second-order valence-electron chi connectivity index (χ2n) is 5.53. The highest BCUT2D eigenvalue weighted by Crippen LogP contribution is 2.27. The van der Waals surface area contributed by atoms with Crippen LogP contribution in [0.5, 0.6) is 11.5 Å². The van der Waals surface area contributed by atoms with Gasteiger partial charge in [0.15, 0.2) is 17.3 Å². The van der Waals surface area contributed by atoms with Crippen LogP contribution >= 0.6 is 11.3 Å². The molecule has 2 heterocycles. The van der Waals surface area contributed by atoms with E-state index in [1.807, 2.05) is 42.5 Å². The number of hydrogen-bond acceptors (Lipinski definition) is 6. The van der Waals surface area contributed by atoms with E-state index in [1.165, 1.54) is 15.9 Å². The molecule has 4 aromatic rings. The fourth-order valence-corrected chi connectivity index (χ4v) is 3.55. The summed E-state index contributed by atoms with van der Waals surface area (Å²) in [7, 11) is 3.16. The largest absolute Gasteiger partial charge is 0.493 e. The van der Waals surface area contributed by atoms with Crippen molar-refractivity contribution in [2.45, 2.75) is 0 Å². The van der Waals surface area contributed by atoms with Gasteiger partial charge in [0, 0.05) is 5.56 Å². The zero-order valence-electron chi connectivity index (χ0n) is 14.2. The van der Waals surface area contributed by atoms with Crippen molar-refractivity contribution < 1.29 is 9.47 Å². The van der Waals surface area contributed by atoms with Gasteiger partial charge in [-0.25, -0.2) is 0 Å². The number of methoxy groups -OCH3 is 2. The zero-order valence-corrected chi connectivity index (χ0v) is 15.0. The molecule has 0 aliphatic heterocycles. The lowest BCUT2D eigenvalue weighted by Crippen LogP contribution is -2.23. The Morgan fingerprint density at radius 3 is 2.50 bits per heavy atom. The Balaban J connectivity index is 1.78. The highest BCUT2D eigenvalue weighted by Gasteiger charge is 2.12. The Hall–Kier alpha value is -3.19. The van der Waals surface area contributed by atoms with E-state index in [1.54, 1.807) is 26.4 Å². The number of aromatic nitrogens is 3. The summed E-state index contributed by atoms with van der Waals surface area (Å²) in [5, 5.41) is 4.34. The molecule has 0 radical (unpaired) electrons. The van der Waals surface area contributed by atoms with Crippen LogP contribution in [0.4, 0.5) is 0 Å². The predicted octanol–water partition coefficient (Wildman–Crippen LogP) is 2.38. The first-order valence-corrected chi connectivity index (χ1v) is 8.70. The van der Waals surface area contributed by atoms with Gasteiger partial charge in [-0.3, -0.25) is 4.79 Å². The monoisotopic (exact) mass is 365 g/mol. The third-order valence-corrected chi connectivity index (χ3v) is 4.88. The standard InChI is InChI=1S/C19H15N3O3S/c1-24-14-9-8-12(10-15(14)25-2)11-16-18(23)22-19(26-16)20-17(21-22)13-6-4-3-5-7-13/h3-11H,1-2H3. The number of thiazole rings is 1. The summed E-state index contributed by atoms with van der Waals surface area (Å²) in [6, 6.07) is 15.1. The predicted molar refractivity (Wildman–Crippen MR) is 101 cm³/mol. The summed E-state index contributed by atoms with van der Waals surface area (Å²) in [4.78, 5) is 17.7. The molecule has 0 saturated carbocycles. The fourth-order valence-electron chi connectivity index (χ4n) is 2.64. The van der Waals surface area contributed by atoms with E-state index in [0.717, 1.165) is 11.1 Å². The first-order chi connectivity index (χ1) is 12.7. The molecule has 130 valence electrons. The van der Waals surface area contributed by atoms with Crippen molar-refractivity contribution in [1.29, 1.82) is 0 Å². The average molecular weight is 365 g/mol. The van der Waals surface area contributed by atoms with Crippen LogP contribution in [0.25, 0.3) is 22.4 Å². The molecule has 26 heavy (non-hydrogen) atoms. The second-order valence-corrected chi connectivity index (χ2v) is 6.54. The summed E-state index contributed by atoms with van der Waals surface area (Å²) in [6.45, 7) is 0. The quantitative estimate of drug-likeness (QED) is 0.556. The topological polar surface area (TPSA) is 65.7 Å². The van der Waals surface area contributed by atoms with Gasteiger partial charge < -0.3 is 9.47 Å². The third-order valence-electron chi connectivity index (χ3n) is 3.92. The number of ether oxygens (including phenoxy) is 2. The molecule has 6 nitrogen and oxygen atoms in total. The van der Waals surface area contributed by atoms with Crippen LogP contribution in [0, 0.1) is 0 Å². The Kier molecular flexibility index (Phi) is 4.14. The van der Waals surface area contributed by atoms with Crippen molar-refractivity contribution in [2.24, 2.45) is 0 Å². The van der Waals surface area contributed by atoms with Crippen molar-refractivity contribution >= 4 is 22.4 Å². The molecule has 0 saturated heterocycles. The van der Waals surface area contributed by atoms with Gasteiger partial charge in [-0.2, -0.15) is 9.50 Å². The number of fused-ring (bicyclic) bond motifs is 1. The number of hydrogen-bond donors (Lipinski definition) is 0. The molecule has 0 aliphatic carbocycles. The van der Waals surface area contributed by atoms with Gasteiger partial charge in [0.2, 0.25) is 4.96 Å². The van der Waals surface area contributed by atoms with Crippen molar-refractivity contribution in [3.8, 4) is 22.9 Å². The maximum absolute atomic E-state index is 12.6. The lowest BCUT2D eigenvalue weighted by atomic mass is 10.2. The molecule has 0 bridgehead atoms. The molecule has 0 atom stereocenters. The van der Waals surface area contributed by atoms with Crippen molar-refractivity contribution in [3.05, 3.63) is 69.0 Å². The van der Waals surface area contributed by atoms with Gasteiger partial charge in [0.1, 0.15) is 0 Å². The molecule has 0 unspecified atom stereocenters. The summed E-state index contributed by atoms with van der Waals surface area (Å²) in [5.74, 6) is 1.80. The molecular weight excluding hydrogens is 350 g/mol. The number of rotatable bonds is 4. The fraction of sp³-hybridized carbons (Fsp3) is 0.105. The van der Waals surface area contributed by atoms with Gasteiger partial charge in [-0.1, -0.05) is 47.7 Å². The van der Waals surface area contributed by atoms with Gasteiger partial charge in [-0.05, 0) is 23.8 Å². The molecular formula is C19H15N3O3S. The van der Waals surface area contributed by atoms with E-state index in [0.29, 0.717) is 26.8 Å². The Morgan fingerprint density at radius 2 is 1.81 bits per heavy atom. The summed E-state index contributed by atoms with van der Waals surface area (Å²) in [5.41, 5.74) is 1.54. The van der Waals surface area contributed by atoms with E-state index in [2.05, 4.69) is 10.1 Å². The van der Waals surface area contributed by atoms with Crippen LogP contribution in [-0.4, -0.2) is 28.8 Å². The van der Waals surface area contributed by atoms with Crippen molar-refractivity contribution in [2.75, 3.05) is 14.2 Å². The SMILES string of the molecule is COc1ccc(C=c2sc3nc(-c4ccccc4)nn3c2=O)cc1OC. The lowest BCUT2D eigenvalue weighted by Gasteiger charge is -2.07. The van der Waals surface area contributed by atoms with E-state index in [9.17, 15) is 4.79 Å². The summed E-state index contributed by atoms with van der Waals surface area (Å²) < 4.78 is 12.4. The Morgan fingerprint density at radius 1 is 1.04 bits per heavy atom. The second kappa shape index (κ2) is 6.61. The van der Waals surface area contributed by atoms with Crippen molar-refractivity contribution in [1.82, 2.24) is 14.6 Å². The van der Waals surface area contributed by atoms with Crippen LogP contribution < -0.4 is 19.6 Å². The van der Waals surface area contributed by atoms with E-state index in [-0.39, 0.29) is 5.56 Å². The summed E-state index contributed by atoms with van der Waals surface area (Å²) >= 11 is 1.31. The number of nitrogens with zero attached hydrogens (tertiary/aromatic N) is 3. The maximum atomic E-state index is 12.6. The molecule has 4 rings (SSSR count). The minimum absolute atomic E-state index is 0.186. The zero-order chi connectivity index (χ0) is 18.1. The maximum Gasteiger partial charge on any atom is 0.291 e. The average Bonchev–Trinajstić information content (AvgIpc) is 3.22. The number of benzene rings is 2. The first-order valence-electron chi connectivity index (χ1n) is 7.88. The van der Waals surface area contributed by atoms with E-state index in [4.69, 9.17) is 9.47 Å². The van der Waals surface area contributed by atoms with Crippen LogP contribution in [0.2, 0.25) is 0 Å². The minimum Gasteiger partial charge on any atom is -0.493 e. The van der Waals surface area contributed by atoms with Crippen LogP contribution in [0.1, 0.15) is 5.56 Å². The Bertz CT molecular complexity index is 1180. The molecule has 0 amide bonds. The Labute approximate surface area is 153 Å². The van der Waals surface area contributed by atoms with Gasteiger partial charge in [-0.15, -0.1) is 5.10 Å². The highest BCUT2D eigenvalue weighted by atomic mass is 32.1. The molecule has 0 fully saturated rings. The third kappa shape index (κ3) is 2.82. The first kappa shape index (κ1) is 16.3. The van der Waals surface area contributed by atoms with Crippen LogP contribution in [0.3, 0.4) is 0 Å². The van der Waals surface area contributed by atoms with Gasteiger partial charge >= 0.3 is 0 Å². The molecule has 2 aromatic carbocycles. The smallest absolute Gasteiger partial charge is 0.291 e. The van der Waals surface area contributed by atoms with Crippen LogP contribution in [0.15, 0.2) is 53.3 Å². The molecule has 0 aliphatic rings.